The number of anilines is 1. The second-order valence-electron chi connectivity index (χ2n) is 7.20. The van der Waals surface area contributed by atoms with Crippen molar-refractivity contribution in [3.8, 4) is 28.3 Å². The van der Waals surface area contributed by atoms with Crippen molar-refractivity contribution in [1.82, 2.24) is 9.97 Å². The van der Waals surface area contributed by atoms with Gasteiger partial charge >= 0.3 is 0 Å². The van der Waals surface area contributed by atoms with Gasteiger partial charge in [0.05, 0.1) is 7.11 Å². The van der Waals surface area contributed by atoms with E-state index < -0.39 is 0 Å². The molecule has 0 atom stereocenters. The quantitative estimate of drug-likeness (QED) is 0.364. The number of nitrogens with one attached hydrogen (secondary N) is 1. The molecule has 5 heteroatoms. The number of oxazole rings is 1. The van der Waals surface area contributed by atoms with Crippen LogP contribution in [-0.2, 0) is 6.54 Å². The maximum absolute atomic E-state index is 6.02. The van der Waals surface area contributed by atoms with Gasteiger partial charge in [0, 0.05) is 23.9 Å². The van der Waals surface area contributed by atoms with Crippen LogP contribution >= 0.6 is 0 Å². The zero-order valence-electron chi connectivity index (χ0n) is 17.1. The first-order valence-corrected chi connectivity index (χ1v) is 10.1. The molecular weight excluding hydrogens is 386 g/mol. The van der Waals surface area contributed by atoms with Crippen molar-refractivity contribution < 1.29 is 9.15 Å². The monoisotopic (exact) mass is 407 g/mol. The van der Waals surface area contributed by atoms with Crippen LogP contribution in [0.5, 0.6) is 5.75 Å². The number of hydrogen-bond donors (Lipinski definition) is 1. The minimum Gasteiger partial charge on any atom is -0.497 e. The van der Waals surface area contributed by atoms with Crippen LogP contribution < -0.4 is 10.1 Å². The topological polar surface area (TPSA) is 60.2 Å². The lowest BCUT2D eigenvalue weighted by Gasteiger charge is -2.07. The summed E-state index contributed by atoms with van der Waals surface area (Å²) in [6.45, 7) is 0.741. The second kappa shape index (κ2) is 8.32. The van der Waals surface area contributed by atoms with E-state index in [0.29, 0.717) is 5.89 Å². The Kier molecular flexibility index (Phi) is 5.07. The van der Waals surface area contributed by atoms with E-state index in [2.05, 4.69) is 33.5 Å². The van der Waals surface area contributed by atoms with E-state index in [4.69, 9.17) is 9.15 Å². The maximum Gasteiger partial charge on any atom is 0.227 e. The van der Waals surface area contributed by atoms with Gasteiger partial charge in [0.2, 0.25) is 5.89 Å². The zero-order chi connectivity index (χ0) is 21.0. The number of rotatable bonds is 6. The highest BCUT2D eigenvalue weighted by Crippen LogP contribution is 2.29. The molecule has 0 bridgehead atoms. The highest BCUT2D eigenvalue weighted by atomic mass is 16.5. The molecule has 0 saturated heterocycles. The molecule has 0 unspecified atom stereocenters. The van der Waals surface area contributed by atoms with E-state index in [-0.39, 0.29) is 0 Å². The summed E-state index contributed by atoms with van der Waals surface area (Å²) in [4.78, 5) is 9.16. The summed E-state index contributed by atoms with van der Waals surface area (Å²) in [5.74, 6) is 2.24. The second-order valence-corrected chi connectivity index (χ2v) is 7.20. The molecule has 0 amide bonds. The van der Waals surface area contributed by atoms with E-state index in [0.717, 1.165) is 45.9 Å². The smallest absolute Gasteiger partial charge is 0.227 e. The van der Waals surface area contributed by atoms with Crippen molar-refractivity contribution >= 4 is 16.9 Å². The maximum atomic E-state index is 6.02. The van der Waals surface area contributed by atoms with Gasteiger partial charge in [-0.25, -0.2) is 9.97 Å². The van der Waals surface area contributed by atoms with E-state index in [1.54, 1.807) is 7.11 Å². The molecule has 0 fully saturated rings. The molecule has 5 nitrogen and oxygen atoms in total. The van der Waals surface area contributed by atoms with Crippen LogP contribution in [0.15, 0.2) is 95.5 Å². The molecule has 0 aliphatic rings. The molecule has 31 heavy (non-hydrogen) atoms. The summed E-state index contributed by atoms with van der Waals surface area (Å²) >= 11 is 0. The first kappa shape index (κ1) is 18.9. The van der Waals surface area contributed by atoms with Crippen molar-refractivity contribution in [2.75, 3.05) is 12.4 Å². The summed E-state index contributed by atoms with van der Waals surface area (Å²) in [6.07, 6.45) is 1.87. The van der Waals surface area contributed by atoms with E-state index in [1.807, 2.05) is 72.9 Å². The Morgan fingerprint density at radius 3 is 2.35 bits per heavy atom. The van der Waals surface area contributed by atoms with Crippen LogP contribution in [0.4, 0.5) is 5.82 Å². The van der Waals surface area contributed by atoms with Crippen LogP contribution in [-0.4, -0.2) is 17.1 Å². The third-order valence-electron chi connectivity index (χ3n) is 5.14. The number of ether oxygens (including phenoxy) is 1. The number of aromatic nitrogens is 2. The van der Waals surface area contributed by atoms with Gasteiger partial charge in [0.1, 0.15) is 17.1 Å². The van der Waals surface area contributed by atoms with Crippen molar-refractivity contribution in [2.45, 2.75) is 6.54 Å². The molecule has 0 spiro atoms. The number of nitrogens with zero attached hydrogens (tertiary/aromatic N) is 2. The van der Waals surface area contributed by atoms with Gasteiger partial charge in [-0.1, -0.05) is 36.4 Å². The van der Waals surface area contributed by atoms with Crippen LogP contribution in [0.25, 0.3) is 33.7 Å². The van der Waals surface area contributed by atoms with Gasteiger partial charge < -0.3 is 14.5 Å². The highest BCUT2D eigenvalue weighted by molar-refractivity contribution is 5.82. The fourth-order valence-electron chi connectivity index (χ4n) is 3.42. The van der Waals surface area contributed by atoms with Crippen LogP contribution in [0, 0.1) is 0 Å². The third kappa shape index (κ3) is 4.12. The lowest BCUT2D eigenvalue weighted by atomic mass is 10.1. The summed E-state index contributed by atoms with van der Waals surface area (Å²) in [7, 11) is 1.65. The van der Waals surface area contributed by atoms with Gasteiger partial charge in [-0.2, -0.15) is 0 Å². The molecule has 5 aromatic rings. The predicted molar refractivity (Wildman–Crippen MR) is 123 cm³/mol. The molecule has 5 rings (SSSR count). The standard InChI is InChI=1S/C26H21N3O2/c1-30-22-11-7-19(8-12-22)26-29-23-13-9-20(15-24(23)31-26)21-10-14-25(28-17-21)27-16-18-5-3-2-4-6-18/h2-15,17H,16H2,1H3,(H,27,28). The van der Waals surface area contributed by atoms with Crippen LogP contribution in [0.1, 0.15) is 5.56 Å². The van der Waals surface area contributed by atoms with Gasteiger partial charge in [-0.05, 0) is 59.7 Å². The average Bonchev–Trinajstić information content (AvgIpc) is 3.27. The summed E-state index contributed by atoms with van der Waals surface area (Å²) < 4.78 is 11.2. The van der Waals surface area contributed by atoms with E-state index in [9.17, 15) is 0 Å². The molecular formula is C26H21N3O2. The molecule has 152 valence electrons. The van der Waals surface area contributed by atoms with E-state index >= 15 is 0 Å². The number of hydrogen-bond acceptors (Lipinski definition) is 5. The van der Waals surface area contributed by atoms with Crippen LogP contribution in [0.2, 0.25) is 0 Å². The normalized spacial score (nSPS) is 10.9. The largest absolute Gasteiger partial charge is 0.497 e. The fourth-order valence-corrected chi connectivity index (χ4v) is 3.42. The Morgan fingerprint density at radius 2 is 1.61 bits per heavy atom. The Morgan fingerprint density at radius 1 is 0.839 bits per heavy atom. The van der Waals surface area contributed by atoms with Gasteiger partial charge in [0.25, 0.3) is 0 Å². The highest BCUT2D eigenvalue weighted by Gasteiger charge is 2.10. The fraction of sp³-hybridized carbons (Fsp3) is 0.0769. The number of methoxy groups -OCH3 is 1. The van der Waals surface area contributed by atoms with Crippen molar-refractivity contribution in [3.05, 3.63) is 96.7 Å². The number of fused-ring (bicyclic) bond motifs is 1. The first-order chi connectivity index (χ1) is 15.3. The van der Waals surface area contributed by atoms with Gasteiger partial charge in [-0.3, -0.25) is 0 Å². The average molecular weight is 407 g/mol. The molecule has 0 aliphatic carbocycles. The Labute approximate surface area is 180 Å². The molecule has 2 aromatic heterocycles. The molecule has 0 aliphatic heterocycles. The van der Waals surface area contributed by atoms with Crippen molar-refractivity contribution in [1.29, 1.82) is 0 Å². The minimum atomic E-state index is 0.591. The molecule has 3 aromatic carbocycles. The molecule has 0 saturated carbocycles. The van der Waals surface area contributed by atoms with Gasteiger partial charge in [-0.15, -0.1) is 0 Å². The predicted octanol–water partition coefficient (Wildman–Crippen LogP) is 6.18. The van der Waals surface area contributed by atoms with Crippen molar-refractivity contribution in [2.24, 2.45) is 0 Å². The third-order valence-corrected chi connectivity index (χ3v) is 5.14. The lowest BCUT2D eigenvalue weighted by molar-refractivity contribution is 0.415. The number of pyridine rings is 1. The summed E-state index contributed by atoms with van der Waals surface area (Å²) in [5, 5.41) is 3.35. The van der Waals surface area contributed by atoms with Crippen LogP contribution in [0.3, 0.4) is 0 Å². The summed E-state index contributed by atoms with van der Waals surface area (Å²) in [5.41, 5.74) is 5.76. The Balaban J connectivity index is 1.34. The lowest BCUT2D eigenvalue weighted by Crippen LogP contribution is -2.00. The van der Waals surface area contributed by atoms with E-state index in [1.165, 1.54) is 5.56 Å². The summed E-state index contributed by atoms with van der Waals surface area (Å²) in [6, 6.07) is 28.0. The zero-order valence-corrected chi connectivity index (χ0v) is 17.1. The van der Waals surface area contributed by atoms with Crippen molar-refractivity contribution in [3.63, 3.8) is 0 Å². The molecule has 2 heterocycles. The SMILES string of the molecule is COc1ccc(-c2nc3ccc(-c4ccc(NCc5ccccc5)nc4)cc3o2)cc1. The Hall–Kier alpha value is -4.12. The molecule has 1 N–H and O–H groups in total. The Bertz CT molecular complexity index is 1290. The first-order valence-electron chi connectivity index (χ1n) is 10.1. The number of benzene rings is 3. The molecule has 0 radical (unpaired) electrons. The van der Waals surface area contributed by atoms with Gasteiger partial charge in [0.15, 0.2) is 5.58 Å². The minimum absolute atomic E-state index is 0.591.